The van der Waals surface area contributed by atoms with Gasteiger partial charge in [-0.15, -0.1) is 5.10 Å². The number of nitrogens with zero attached hydrogens (tertiary/aromatic N) is 5. The Morgan fingerprint density at radius 2 is 2.20 bits per heavy atom. The van der Waals surface area contributed by atoms with E-state index in [0.717, 1.165) is 35.4 Å². The number of aliphatic hydroxyl groups excluding tert-OH is 1. The topological polar surface area (TPSA) is 67.1 Å². The molecule has 2 aromatic rings. The lowest BCUT2D eigenvalue weighted by molar-refractivity contribution is 0.0651. The second-order valence-electron chi connectivity index (χ2n) is 4.99. The van der Waals surface area contributed by atoms with Crippen molar-refractivity contribution < 1.29 is 5.11 Å². The van der Waals surface area contributed by atoms with E-state index in [1.54, 1.807) is 4.68 Å². The highest BCUT2D eigenvalue weighted by Crippen LogP contribution is 2.21. The van der Waals surface area contributed by atoms with Crippen LogP contribution in [0.3, 0.4) is 0 Å². The summed E-state index contributed by atoms with van der Waals surface area (Å²) in [6.07, 6.45) is 1.65. The highest BCUT2D eigenvalue weighted by Gasteiger charge is 2.20. The van der Waals surface area contributed by atoms with Crippen molar-refractivity contribution >= 4 is 15.9 Å². The van der Waals surface area contributed by atoms with Gasteiger partial charge < -0.3 is 5.11 Å². The molecule has 1 N–H and O–H groups in total. The van der Waals surface area contributed by atoms with E-state index in [4.69, 9.17) is 0 Å². The zero-order valence-electron chi connectivity index (χ0n) is 11.0. The van der Waals surface area contributed by atoms with Gasteiger partial charge in [-0.25, -0.2) is 0 Å². The standard InChI is InChI=1S/C13H16BrN5O/c14-11-5-1-2-6-12(11)19-13(15-16-17-19)9-18-7-3-4-10(20)8-18/h1-2,5-6,10,20H,3-4,7-9H2. The van der Waals surface area contributed by atoms with Gasteiger partial charge in [0.2, 0.25) is 0 Å². The molecule has 1 atom stereocenters. The van der Waals surface area contributed by atoms with Gasteiger partial charge in [0.1, 0.15) is 0 Å². The van der Waals surface area contributed by atoms with Crippen molar-refractivity contribution in [2.45, 2.75) is 25.5 Å². The van der Waals surface area contributed by atoms with Crippen molar-refractivity contribution in [1.29, 1.82) is 0 Å². The Morgan fingerprint density at radius 3 is 3.00 bits per heavy atom. The third kappa shape index (κ3) is 2.89. The van der Waals surface area contributed by atoms with Crippen molar-refractivity contribution in [1.82, 2.24) is 25.1 Å². The molecule has 0 radical (unpaired) electrons. The predicted octanol–water partition coefficient (Wildman–Crippen LogP) is 1.38. The average molecular weight is 338 g/mol. The third-order valence-corrected chi connectivity index (χ3v) is 4.13. The maximum absolute atomic E-state index is 9.73. The van der Waals surface area contributed by atoms with Crippen LogP contribution in [0.25, 0.3) is 5.69 Å². The van der Waals surface area contributed by atoms with Gasteiger partial charge in [-0.05, 0) is 57.9 Å². The molecule has 0 aliphatic carbocycles. The summed E-state index contributed by atoms with van der Waals surface area (Å²) >= 11 is 3.52. The molecular formula is C13H16BrN5O. The molecule has 6 nitrogen and oxygen atoms in total. The Hall–Kier alpha value is -1.31. The summed E-state index contributed by atoms with van der Waals surface area (Å²) in [5, 5.41) is 21.7. The molecule has 0 bridgehead atoms. The minimum absolute atomic E-state index is 0.239. The maximum atomic E-state index is 9.73. The molecule has 106 valence electrons. The minimum Gasteiger partial charge on any atom is -0.392 e. The van der Waals surface area contributed by atoms with Crippen LogP contribution < -0.4 is 0 Å². The smallest absolute Gasteiger partial charge is 0.170 e. The number of aliphatic hydroxyl groups is 1. The zero-order valence-corrected chi connectivity index (χ0v) is 12.6. The summed E-state index contributed by atoms with van der Waals surface area (Å²) in [5.41, 5.74) is 0.921. The van der Waals surface area contributed by atoms with Gasteiger partial charge in [0.25, 0.3) is 0 Å². The van der Waals surface area contributed by atoms with Crippen LogP contribution in [0, 0.1) is 0 Å². The Labute approximate surface area is 125 Å². The van der Waals surface area contributed by atoms with E-state index < -0.39 is 0 Å². The van der Waals surface area contributed by atoms with Gasteiger partial charge in [-0.2, -0.15) is 4.68 Å². The van der Waals surface area contributed by atoms with E-state index in [9.17, 15) is 5.11 Å². The van der Waals surface area contributed by atoms with Crippen molar-refractivity contribution in [3.63, 3.8) is 0 Å². The molecule has 1 fully saturated rings. The van der Waals surface area contributed by atoms with Gasteiger partial charge in [0.15, 0.2) is 5.82 Å². The molecular weight excluding hydrogens is 322 g/mol. The van der Waals surface area contributed by atoms with E-state index in [1.807, 2.05) is 24.3 Å². The molecule has 1 unspecified atom stereocenters. The molecule has 1 aliphatic rings. The quantitative estimate of drug-likeness (QED) is 0.916. The Balaban J connectivity index is 1.82. The third-order valence-electron chi connectivity index (χ3n) is 3.46. The summed E-state index contributed by atoms with van der Waals surface area (Å²) in [6.45, 7) is 2.30. The minimum atomic E-state index is -0.239. The number of hydrogen-bond donors (Lipinski definition) is 1. The number of piperidine rings is 1. The second kappa shape index (κ2) is 5.99. The monoisotopic (exact) mass is 337 g/mol. The van der Waals surface area contributed by atoms with Gasteiger partial charge in [0.05, 0.1) is 18.3 Å². The average Bonchev–Trinajstić information content (AvgIpc) is 2.87. The number of β-amino-alcohol motifs (C(OH)–C–C–N with tert-alkyl or cyclic N) is 1. The van der Waals surface area contributed by atoms with Crippen molar-refractivity contribution in [3.05, 3.63) is 34.6 Å². The van der Waals surface area contributed by atoms with Crippen LogP contribution in [0.1, 0.15) is 18.7 Å². The lowest BCUT2D eigenvalue weighted by atomic mass is 10.1. The molecule has 2 heterocycles. The van der Waals surface area contributed by atoms with E-state index in [-0.39, 0.29) is 6.10 Å². The normalized spacial score (nSPS) is 20.2. The molecule has 3 rings (SSSR count). The number of aromatic nitrogens is 4. The van der Waals surface area contributed by atoms with Gasteiger partial charge in [-0.1, -0.05) is 12.1 Å². The number of likely N-dealkylation sites (tertiary alicyclic amines) is 1. The van der Waals surface area contributed by atoms with Crippen LogP contribution in [-0.2, 0) is 6.54 Å². The summed E-state index contributed by atoms with van der Waals surface area (Å²) in [6, 6.07) is 7.84. The molecule has 20 heavy (non-hydrogen) atoms. The summed E-state index contributed by atoms with van der Waals surface area (Å²) in [4.78, 5) is 2.19. The van der Waals surface area contributed by atoms with Crippen LogP contribution in [0.15, 0.2) is 28.7 Å². The summed E-state index contributed by atoms with van der Waals surface area (Å²) < 4.78 is 2.69. The first-order valence-electron chi connectivity index (χ1n) is 6.66. The predicted molar refractivity (Wildman–Crippen MR) is 77.4 cm³/mol. The number of halogens is 1. The van der Waals surface area contributed by atoms with Crippen LogP contribution in [-0.4, -0.2) is 49.4 Å². The molecule has 0 saturated carbocycles. The first kappa shape index (κ1) is 13.7. The molecule has 0 amide bonds. The van der Waals surface area contributed by atoms with E-state index in [2.05, 4.69) is 36.4 Å². The lowest BCUT2D eigenvalue weighted by Crippen LogP contribution is -2.38. The highest BCUT2D eigenvalue weighted by molar-refractivity contribution is 9.10. The van der Waals surface area contributed by atoms with Crippen molar-refractivity contribution in [3.8, 4) is 5.69 Å². The maximum Gasteiger partial charge on any atom is 0.170 e. The molecule has 1 aliphatic heterocycles. The summed E-state index contributed by atoms with van der Waals surface area (Å²) in [7, 11) is 0. The SMILES string of the molecule is OC1CCCN(Cc2nnnn2-c2ccccc2Br)C1. The van der Waals surface area contributed by atoms with Gasteiger partial charge in [-0.3, -0.25) is 4.90 Å². The first-order valence-corrected chi connectivity index (χ1v) is 7.46. The van der Waals surface area contributed by atoms with E-state index >= 15 is 0 Å². The van der Waals surface area contributed by atoms with Crippen LogP contribution >= 0.6 is 15.9 Å². The fraction of sp³-hybridized carbons (Fsp3) is 0.462. The molecule has 1 aromatic heterocycles. The van der Waals surface area contributed by atoms with Gasteiger partial charge in [0, 0.05) is 11.0 Å². The molecule has 0 spiro atoms. The lowest BCUT2D eigenvalue weighted by Gasteiger charge is -2.29. The van der Waals surface area contributed by atoms with E-state index in [0.29, 0.717) is 13.1 Å². The Bertz CT molecular complexity index is 588. The van der Waals surface area contributed by atoms with Crippen LogP contribution in [0.5, 0.6) is 0 Å². The highest BCUT2D eigenvalue weighted by atomic mass is 79.9. The zero-order chi connectivity index (χ0) is 13.9. The van der Waals surface area contributed by atoms with E-state index in [1.165, 1.54) is 0 Å². The molecule has 1 saturated heterocycles. The van der Waals surface area contributed by atoms with Crippen LogP contribution in [0.2, 0.25) is 0 Å². The second-order valence-corrected chi connectivity index (χ2v) is 5.84. The largest absolute Gasteiger partial charge is 0.392 e. The molecule has 7 heteroatoms. The number of hydrogen-bond acceptors (Lipinski definition) is 5. The first-order chi connectivity index (χ1) is 9.74. The Morgan fingerprint density at radius 1 is 1.35 bits per heavy atom. The van der Waals surface area contributed by atoms with Gasteiger partial charge >= 0.3 is 0 Å². The Kier molecular flexibility index (Phi) is 4.09. The van der Waals surface area contributed by atoms with Crippen LogP contribution in [0.4, 0.5) is 0 Å². The van der Waals surface area contributed by atoms with Crippen molar-refractivity contribution in [2.24, 2.45) is 0 Å². The number of para-hydroxylation sites is 1. The number of benzene rings is 1. The fourth-order valence-electron chi connectivity index (χ4n) is 2.49. The number of tetrazole rings is 1. The van der Waals surface area contributed by atoms with Crippen molar-refractivity contribution in [2.75, 3.05) is 13.1 Å². The fourth-order valence-corrected chi connectivity index (χ4v) is 2.94. The summed E-state index contributed by atoms with van der Waals surface area (Å²) in [5.74, 6) is 0.783. The molecule has 1 aromatic carbocycles. The number of rotatable bonds is 3.